The normalized spacial score (nSPS) is 10.5. The SMILES string of the molecule is COc1ccc(-c2nn(-c3ccccc3)cc2C(=O)Nc2ccccc2)c(OC)c1. The molecule has 0 saturated heterocycles. The average molecular weight is 399 g/mol. The van der Waals surface area contributed by atoms with Crippen molar-refractivity contribution in [3.8, 4) is 28.4 Å². The van der Waals surface area contributed by atoms with Crippen LogP contribution in [-0.4, -0.2) is 29.9 Å². The molecule has 4 rings (SSSR count). The molecular weight excluding hydrogens is 378 g/mol. The van der Waals surface area contributed by atoms with E-state index in [1.54, 1.807) is 31.2 Å². The number of hydrogen-bond acceptors (Lipinski definition) is 4. The number of carbonyl (C=O) groups excluding carboxylic acids is 1. The summed E-state index contributed by atoms with van der Waals surface area (Å²) in [7, 11) is 3.17. The third-order valence-corrected chi connectivity index (χ3v) is 4.68. The van der Waals surface area contributed by atoms with Gasteiger partial charge in [-0.1, -0.05) is 36.4 Å². The minimum absolute atomic E-state index is 0.253. The largest absolute Gasteiger partial charge is 0.497 e. The van der Waals surface area contributed by atoms with E-state index in [9.17, 15) is 4.79 Å². The fourth-order valence-corrected chi connectivity index (χ4v) is 3.17. The van der Waals surface area contributed by atoms with E-state index in [4.69, 9.17) is 14.6 Å². The van der Waals surface area contributed by atoms with Crippen molar-refractivity contribution in [2.75, 3.05) is 19.5 Å². The Balaban J connectivity index is 1.82. The molecule has 1 aromatic heterocycles. The highest BCUT2D eigenvalue weighted by Gasteiger charge is 2.22. The molecule has 150 valence electrons. The smallest absolute Gasteiger partial charge is 0.259 e. The van der Waals surface area contributed by atoms with Gasteiger partial charge in [-0.05, 0) is 36.4 Å². The summed E-state index contributed by atoms with van der Waals surface area (Å²) in [6.45, 7) is 0. The van der Waals surface area contributed by atoms with Crippen molar-refractivity contribution >= 4 is 11.6 Å². The second kappa shape index (κ2) is 8.53. The number of ether oxygens (including phenoxy) is 2. The number of amides is 1. The van der Waals surface area contributed by atoms with E-state index in [0.717, 1.165) is 5.69 Å². The van der Waals surface area contributed by atoms with Crippen LogP contribution in [0.3, 0.4) is 0 Å². The Hall–Kier alpha value is -4.06. The maximum Gasteiger partial charge on any atom is 0.259 e. The Kier molecular flexibility index (Phi) is 5.48. The standard InChI is InChI=1S/C24H21N3O3/c1-29-19-13-14-20(22(15-19)30-2)23-21(24(28)25-17-9-5-3-6-10-17)16-27(26-23)18-11-7-4-8-12-18/h3-16H,1-2H3,(H,25,28). The number of methoxy groups -OCH3 is 2. The fraction of sp³-hybridized carbons (Fsp3) is 0.0833. The van der Waals surface area contributed by atoms with Gasteiger partial charge in [0, 0.05) is 23.5 Å². The van der Waals surface area contributed by atoms with Crippen LogP contribution < -0.4 is 14.8 Å². The number of anilines is 1. The number of nitrogens with zero attached hydrogens (tertiary/aromatic N) is 2. The lowest BCUT2D eigenvalue weighted by atomic mass is 10.1. The average Bonchev–Trinajstić information content (AvgIpc) is 3.25. The van der Waals surface area contributed by atoms with Crippen LogP contribution in [0.15, 0.2) is 85.1 Å². The third kappa shape index (κ3) is 3.89. The predicted octanol–water partition coefficient (Wildman–Crippen LogP) is 4.81. The third-order valence-electron chi connectivity index (χ3n) is 4.68. The van der Waals surface area contributed by atoms with Gasteiger partial charge in [0.25, 0.3) is 5.91 Å². The zero-order valence-electron chi connectivity index (χ0n) is 16.7. The number of benzene rings is 3. The first-order chi connectivity index (χ1) is 14.7. The van der Waals surface area contributed by atoms with Crippen molar-refractivity contribution in [3.05, 3.63) is 90.6 Å². The van der Waals surface area contributed by atoms with Gasteiger partial charge in [-0.25, -0.2) is 4.68 Å². The van der Waals surface area contributed by atoms with E-state index in [1.165, 1.54) is 0 Å². The number of carbonyl (C=O) groups is 1. The topological polar surface area (TPSA) is 65.4 Å². The number of aromatic nitrogens is 2. The summed E-state index contributed by atoms with van der Waals surface area (Å²) in [5, 5.41) is 7.65. The first-order valence-corrected chi connectivity index (χ1v) is 9.43. The van der Waals surface area contributed by atoms with E-state index < -0.39 is 0 Å². The minimum Gasteiger partial charge on any atom is -0.497 e. The van der Waals surface area contributed by atoms with Crippen LogP contribution in [0.5, 0.6) is 11.5 Å². The van der Waals surface area contributed by atoms with Crippen molar-refractivity contribution in [2.45, 2.75) is 0 Å². The van der Waals surface area contributed by atoms with Crippen LogP contribution in [0.1, 0.15) is 10.4 Å². The summed E-state index contributed by atoms with van der Waals surface area (Å²) in [5.41, 5.74) is 3.22. The lowest BCUT2D eigenvalue weighted by Gasteiger charge is -2.10. The van der Waals surface area contributed by atoms with Crippen LogP contribution in [-0.2, 0) is 0 Å². The van der Waals surface area contributed by atoms with E-state index in [0.29, 0.717) is 34.0 Å². The van der Waals surface area contributed by atoms with Gasteiger partial charge in [0.2, 0.25) is 0 Å². The van der Waals surface area contributed by atoms with Gasteiger partial charge >= 0.3 is 0 Å². The summed E-state index contributed by atoms with van der Waals surface area (Å²) in [5.74, 6) is 0.978. The van der Waals surface area contributed by atoms with Crippen LogP contribution in [0.4, 0.5) is 5.69 Å². The minimum atomic E-state index is -0.253. The van der Waals surface area contributed by atoms with Crippen LogP contribution in [0.25, 0.3) is 16.9 Å². The maximum absolute atomic E-state index is 13.1. The number of rotatable bonds is 6. The van der Waals surface area contributed by atoms with Gasteiger partial charge in [-0.3, -0.25) is 4.79 Å². The molecule has 0 aliphatic heterocycles. The monoisotopic (exact) mass is 399 g/mol. The van der Waals surface area contributed by atoms with Crippen LogP contribution in [0.2, 0.25) is 0 Å². The zero-order valence-corrected chi connectivity index (χ0v) is 16.7. The molecule has 0 radical (unpaired) electrons. The highest BCUT2D eigenvalue weighted by atomic mass is 16.5. The highest BCUT2D eigenvalue weighted by molar-refractivity contribution is 6.08. The van der Waals surface area contributed by atoms with E-state index >= 15 is 0 Å². The quantitative estimate of drug-likeness (QED) is 0.505. The molecule has 1 amide bonds. The molecule has 0 aliphatic rings. The van der Waals surface area contributed by atoms with Crippen molar-refractivity contribution in [1.29, 1.82) is 0 Å². The molecular formula is C24H21N3O3. The lowest BCUT2D eigenvalue weighted by molar-refractivity contribution is 0.102. The van der Waals surface area contributed by atoms with Gasteiger partial charge < -0.3 is 14.8 Å². The van der Waals surface area contributed by atoms with E-state index in [-0.39, 0.29) is 5.91 Å². The summed E-state index contributed by atoms with van der Waals surface area (Å²) < 4.78 is 12.5. The number of hydrogen-bond donors (Lipinski definition) is 1. The van der Waals surface area contributed by atoms with Crippen molar-refractivity contribution in [1.82, 2.24) is 9.78 Å². The van der Waals surface area contributed by atoms with Gasteiger partial charge in [-0.15, -0.1) is 0 Å². The predicted molar refractivity (Wildman–Crippen MR) is 116 cm³/mol. The Labute approximate surface area is 174 Å². The molecule has 0 unspecified atom stereocenters. The Morgan fingerprint density at radius 1 is 0.900 bits per heavy atom. The number of para-hydroxylation sites is 2. The molecule has 0 saturated carbocycles. The maximum atomic E-state index is 13.1. The molecule has 0 fully saturated rings. The number of nitrogens with one attached hydrogen (secondary N) is 1. The Morgan fingerprint density at radius 3 is 2.27 bits per heavy atom. The second-order valence-electron chi connectivity index (χ2n) is 6.56. The molecule has 0 atom stereocenters. The summed E-state index contributed by atoms with van der Waals surface area (Å²) in [6.07, 6.45) is 1.73. The molecule has 3 aromatic carbocycles. The molecule has 1 N–H and O–H groups in total. The van der Waals surface area contributed by atoms with Crippen LogP contribution >= 0.6 is 0 Å². The Bertz CT molecular complexity index is 1160. The molecule has 6 nitrogen and oxygen atoms in total. The molecule has 4 aromatic rings. The summed E-state index contributed by atoms with van der Waals surface area (Å²) in [4.78, 5) is 13.1. The molecule has 0 aliphatic carbocycles. The summed E-state index contributed by atoms with van der Waals surface area (Å²) in [6, 6.07) is 24.4. The van der Waals surface area contributed by atoms with Gasteiger partial charge in [-0.2, -0.15) is 5.10 Å². The van der Waals surface area contributed by atoms with E-state index in [2.05, 4.69) is 5.32 Å². The zero-order chi connectivity index (χ0) is 20.9. The summed E-state index contributed by atoms with van der Waals surface area (Å²) >= 11 is 0. The molecule has 1 heterocycles. The van der Waals surface area contributed by atoms with Crippen LogP contribution in [0, 0.1) is 0 Å². The first kappa shape index (κ1) is 19.3. The van der Waals surface area contributed by atoms with Gasteiger partial charge in [0.15, 0.2) is 0 Å². The second-order valence-corrected chi connectivity index (χ2v) is 6.56. The molecule has 6 heteroatoms. The highest BCUT2D eigenvalue weighted by Crippen LogP contribution is 2.35. The first-order valence-electron chi connectivity index (χ1n) is 9.43. The van der Waals surface area contributed by atoms with Gasteiger partial charge in [0.05, 0.1) is 25.5 Å². The molecule has 0 bridgehead atoms. The molecule has 0 spiro atoms. The van der Waals surface area contributed by atoms with Crippen molar-refractivity contribution < 1.29 is 14.3 Å². The van der Waals surface area contributed by atoms with E-state index in [1.807, 2.05) is 72.8 Å². The van der Waals surface area contributed by atoms with Crippen molar-refractivity contribution in [3.63, 3.8) is 0 Å². The van der Waals surface area contributed by atoms with Crippen molar-refractivity contribution in [2.24, 2.45) is 0 Å². The Morgan fingerprint density at radius 2 is 1.60 bits per heavy atom. The lowest BCUT2D eigenvalue weighted by Crippen LogP contribution is -2.12. The fourth-order valence-electron chi connectivity index (χ4n) is 3.17. The van der Waals surface area contributed by atoms with Gasteiger partial charge in [0.1, 0.15) is 17.2 Å². The molecule has 30 heavy (non-hydrogen) atoms.